The molecule has 0 amide bonds. The summed E-state index contributed by atoms with van der Waals surface area (Å²) in [7, 11) is 0. The summed E-state index contributed by atoms with van der Waals surface area (Å²) < 4.78 is 6.47. The van der Waals surface area contributed by atoms with Crippen LogP contribution in [0.15, 0.2) is 0 Å². The minimum Gasteiger partial charge on any atom is -0.634 e. The molecule has 0 unspecified atom stereocenters. The molecule has 0 aromatic carbocycles. The van der Waals surface area contributed by atoms with Crippen molar-refractivity contribution in [3.05, 3.63) is 10.4 Å². The van der Waals surface area contributed by atoms with Crippen LogP contribution in [0.2, 0.25) is 0 Å². The van der Waals surface area contributed by atoms with Crippen molar-refractivity contribution in [2.75, 3.05) is 0 Å². The summed E-state index contributed by atoms with van der Waals surface area (Å²) in [6.07, 6.45) is 3.31. The average molecular weight is 328 g/mol. The van der Waals surface area contributed by atoms with Crippen LogP contribution in [0.4, 0.5) is 0 Å². The van der Waals surface area contributed by atoms with E-state index in [1.54, 1.807) is 0 Å². The maximum Gasteiger partial charge on any atom is 0.0946 e. The minimum atomic E-state index is -0.331. The van der Waals surface area contributed by atoms with E-state index in [1.807, 2.05) is 55.4 Å². The van der Waals surface area contributed by atoms with Crippen molar-refractivity contribution in [1.82, 2.24) is 0 Å². The second-order valence-electron chi connectivity index (χ2n) is 10.4. The van der Waals surface area contributed by atoms with Crippen molar-refractivity contribution in [1.29, 1.82) is 0 Å². The Morgan fingerprint density at radius 3 is 1.04 bits per heavy atom. The average Bonchev–Trinajstić information content (AvgIpc) is 2.31. The molecule has 2 N–H and O–H groups in total. The molecule has 0 aromatic heterocycles. The maximum absolute atomic E-state index is 12.6. The third-order valence-electron chi connectivity index (χ3n) is 5.80. The molecule has 2 fully saturated rings. The number of ether oxygens (including phenoxy) is 1. The van der Waals surface area contributed by atoms with Gasteiger partial charge in [0.05, 0.1) is 34.4 Å². The summed E-state index contributed by atoms with van der Waals surface area (Å²) in [4.78, 5) is 0. The SMILES string of the molecule is CC1(C)CC(OC2CC(C)(C)[NH+]([O-])C(C)(C)C2)CC(C)(C)[NH+]1[O-]. The van der Waals surface area contributed by atoms with Crippen LogP contribution in [-0.4, -0.2) is 34.4 Å². The van der Waals surface area contributed by atoms with Crippen molar-refractivity contribution < 1.29 is 14.9 Å². The predicted octanol–water partition coefficient (Wildman–Crippen LogP) is 1.21. The lowest BCUT2D eigenvalue weighted by Gasteiger charge is -2.57. The third-order valence-corrected chi connectivity index (χ3v) is 5.80. The van der Waals surface area contributed by atoms with Gasteiger partial charge in [-0.15, -0.1) is 0 Å². The second-order valence-corrected chi connectivity index (χ2v) is 10.4. The van der Waals surface area contributed by atoms with Gasteiger partial charge in [-0.25, -0.2) is 0 Å². The van der Waals surface area contributed by atoms with Crippen LogP contribution in [0.3, 0.4) is 0 Å². The van der Waals surface area contributed by atoms with Crippen molar-refractivity contribution in [3.8, 4) is 0 Å². The van der Waals surface area contributed by atoms with Crippen LogP contribution in [0, 0.1) is 10.4 Å². The van der Waals surface area contributed by atoms with E-state index in [0.29, 0.717) is 10.1 Å². The Labute approximate surface area is 141 Å². The highest BCUT2D eigenvalue weighted by atomic mass is 16.5. The molecule has 2 saturated heterocycles. The molecule has 0 radical (unpaired) electrons. The third kappa shape index (κ3) is 3.74. The normalized spacial score (nSPS) is 41.5. The number of hydroxylamine groups is 4. The lowest BCUT2D eigenvalue weighted by molar-refractivity contribution is -0.958. The van der Waals surface area contributed by atoms with Crippen molar-refractivity contribution >= 4 is 0 Å². The van der Waals surface area contributed by atoms with Gasteiger partial charge in [-0.1, -0.05) is 0 Å². The molecular weight excluding hydrogens is 292 g/mol. The fraction of sp³-hybridized carbons (Fsp3) is 1.00. The largest absolute Gasteiger partial charge is 0.634 e. The van der Waals surface area contributed by atoms with Crippen LogP contribution < -0.4 is 10.1 Å². The molecule has 0 aliphatic carbocycles. The second kappa shape index (κ2) is 5.67. The van der Waals surface area contributed by atoms with Gasteiger partial charge < -0.3 is 25.3 Å². The molecule has 2 rings (SSSR count). The lowest BCUT2D eigenvalue weighted by atomic mass is 9.78. The van der Waals surface area contributed by atoms with Gasteiger partial charge in [0.1, 0.15) is 0 Å². The predicted molar refractivity (Wildman–Crippen MR) is 92.1 cm³/mol. The summed E-state index contributed by atoms with van der Waals surface area (Å²) in [5.74, 6) is 0. The van der Waals surface area contributed by atoms with Gasteiger partial charge >= 0.3 is 0 Å². The Morgan fingerprint density at radius 2 is 0.826 bits per heavy atom. The Morgan fingerprint density at radius 1 is 0.609 bits per heavy atom. The Bertz CT molecular complexity index is 370. The molecule has 5 heteroatoms. The Kier molecular flexibility index (Phi) is 4.71. The Hall–Kier alpha value is -0.200. The molecule has 5 nitrogen and oxygen atoms in total. The zero-order chi connectivity index (χ0) is 17.8. The fourth-order valence-corrected chi connectivity index (χ4v) is 5.09. The van der Waals surface area contributed by atoms with E-state index in [1.165, 1.54) is 0 Å². The van der Waals surface area contributed by atoms with E-state index >= 15 is 0 Å². The molecule has 2 heterocycles. The number of hydrogen-bond acceptors (Lipinski definition) is 3. The summed E-state index contributed by atoms with van der Waals surface area (Å²) >= 11 is 0. The van der Waals surface area contributed by atoms with Crippen LogP contribution >= 0.6 is 0 Å². The fourth-order valence-electron chi connectivity index (χ4n) is 5.09. The van der Waals surface area contributed by atoms with Gasteiger partial charge in [-0.3, -0.25) is 0 Å². The zero-order valence-electron chi connectivity index (χ0n) is 16.2. The maximum atomic E-state index is 12.6. The standard InChI is InChI=1S/C18H36N2O3/c1-15(2)9-13(10-16(3,4)19(15)21)23-14-11-17(5,6)20(22)18(7,8)12-14/h13-14,19-20H,9-12H2,1-8H3. The van der Waals surface area contributed by atoms with Crippen LogP contribution in [0.5, 0.6) is 0 Å². The van der Waals surface area contributed by atoms with Crippen molar-refractivity contribution in [3.63, 3.8) is 0 Å². The first kappa shape index (κ1) is 19.1. The minimum absolute atomic E-state index is 0.0995. The first-order chi connectivity index (χ1) is 10.2. The molecule has 23 heavy (non-hydrogen) atoms. The number of quaternary nitrogens is 2. The van der Waals surface area contributed by atoms with Gasteiger partial charge in [0, 0.05) is 25.7 Å². The van der Waals surface area contributed by atoms with Crippen LogP contribution in [-0.2, 0) is 4.74 Å². The molecule has 0 bridgehead atoms. The van der Waals surface area contributed by atoms with Gasteiger partial charge in [0.25, 0.3) is 0 Å². The molecule has 2 aliphatic rings. The highest BCUT2D eigenvalue weighted by Gasteiger charge is 2.49. The van der Waals surface area contributed by atoms with E-state index in [2.05, 4.69) is 0 Å². The smallest absolute Gasteiger partial charge is 0.0946 e. The lowest BCUT2D eigenvalue weighted by Crippen LogP contribution is -3.23. The summed E-state index contributed by atoms with van der Waals surface area (Å²) in [6.45, 7) is 16.3. The van der Waals surface area contributed by atoms with Crippen molar-refractivity contribution in [2.45, 2.75) is 115 Å². The van der Waals surface area contributed by atoms with E-state index in [4.69, 9.17) is 4.74 Å². The first-order valence-corrected chi connectivity index (χ1v) is 8.93. The van der Waals surface area contributed by atoms with E-state index in [9.17, 15) is 10.4 Å². The van der Waals surface area contributed by atoms with Gasteiger partial charge in [0.15, 0.2) is 0 Å². The van der Waals surface area contributed by atoms with Crippen LogP contribution in [0.1, 0.15) is 81.1 Å². The van der Waals surface area contributed by atoms with Gasteiger partial charge in [0.2, 0.25) is 0 Å². The van der Waals surface area contributed by atoms with Gasteiger partial charge in [-0.2, -0.15) is 0 Å². The van der Waals surface area contributed by atoms with Crippen molar-refractivity contribution in [2.24, 2.45) is 0 Å². The number of nitrogens with one attached hydrogen (secondary N) is 2. The zero-order valence-corrected chi connectivity index (χ0v) is 16.2. The molecular formula is C18H36N2O3. The quantitative estimate of drug-likeness (QED) is 0.749. The summed E-state index contributed by atoms with van der Waals surface area (Å²) in [6, 6.07) is 0. The molecule has 2 aliphatic heterocycles. The number of hydrogen-bond donors (Lipinski definition) is 2. The topological polar surface area (TPSA) is 64.2 Å². The van der Waals surface area contributed by atoms with Gasteiger partial charge in [-0.05, 0) is 55.4 Å². The first-order valence-electron chi connectivity index (χ1n) is 8.93. The monoisotopic (exact) mass is 328 g/mol. The number of rotatable bonds is 2. The highest BCUT2D eigenvalue weighted by Crippen LogP contribution is 2.32. The van der Waals surface area contributed by atoms with Crippen LogP contribution in [0.25, 0.3) is 0 Å². The molecule has 0 aromatic rings. The Balaban J connectivity index is 2.10. The molecule has 0 atom stereocenters. The van der Waals surface area contributed by atoms with E-state index < -0.39 is 0 Å². The summed E-state index contributed by atoms with van der Waals surface area (Å²) in [5, 5.41) is 25.8. The van der Waals surface area contributed by atoms with E-state index in [0.717, 1.165) is 25.7 Å². The molecule has 136 valence electrons. The molecule has 0 spiro atoms. The highest BCUT2D eigenvalue weighted by molar-refractivity contribution is 4.91. The van der Waals surface area contributed by atoms with E-state index in [-0.39, 0.29) is 34.4 Å². The number of piperidine rings is 2. The summed E-state index contributed by atoms with van der Waals surface area (Å²) in [5.41, 5.74) is -1.33. The molecule has 0 saturated carbocycles.